The van der Waals surface area contributed by atoms with Gasteiger partial charge < -0.3 is 14.5 Å². The number of amides is 1. The number of nitrogens with zero attached hydrogens (tertiary/aromatic N) is 4. The van der Waals surface area contributed by atoms with E-state index in [1.54, 1.807) is 7.11 Å². The number of fused-ring (bicyclic) bond motifs is 1. The molecular formula is C22H27N5O2. The summed E-state index contributed by atoms with van der Waals surface area (Å²) in [7, 11) is 1.65. The number of carbonyl (C=O) groups excluding carboxylic acids is 1. The molecule has 0 unspecified atom stereocenters. The van der Waals surface area contributed by atoms with Crippen LogP contribution in [-0.2, 0) is 17.9 Å². The molecule has 3 aromatic rings. The molecule has 3 heterocycles. The van der Waals surface area contributed by atoms with E-state index in [1.165, 1.54) is 0 Å². The Bertz CT molecular complexity index is 912. The molecular weight excluding hydrogens is 366 g/mol. The number of nitrogens with one attached hydrogen (secondary N) is 1. The van der Waals surface area contributed by atoms with Crippen LogP contribution in [0.3, 0.4) is 0 Å². The number of rotatable bonds is 7. The summed E-state index contributed by atoms with van der Waals surface area (Å²) in [6.45, 7) is 5.50. The van der Waals surface area contributed by atoms with E-state index in [-0.39, 0.29) is 5.91 Å². The zero-order valence-electron chi connectivity index (χ0n) is 16.8. The smallest absolute Gasteiger partial charge is 0.234 e. The lowest BCUT2D eigenvalue weighted by Crippen LogP contribution is -2.49. The molecule has 2 aromatic heterocycles. The van der Waals surface area contributed by atoms with Crippen molar-refractivity contribution in [3.63, 3.8) is 0 Å². The fourth-order valence-corrected chi connectivity index (χ4v) is 3.60. The number of hydrogen-bond donors (Lipinski definition) is 1. The van der Waals surface area contributed by atoms with Gasteiger partial charge in [0.1, 0.15) is 11.4 Å². The Morgan fingerprint density at radius 2 is 1.83 bits per heavy atom. The third kappa shape index (κ3) is 5.13. The van der Waals surface area contributed by atoms with Gasteiger partial charge in [-0.25, -0.2) is 4.98 Å². The molecule has 1 aliphatic rings. The topological polar surface area (TPSA) is 62.1 Å². The van der Waals surface area contributed by atoms with Crippen LogP contribution in [0.25, 0.3) is 5.65 Å². The van der Waals surface area contributed by atoms with Crippen LogP contribution in [0.4, 0.5) is 0 Å². The number of piperazine rings is 1. The Labute approximate surface area is 170 Å². The molecule has 7 heteroatoms. The molecule has 152 valence electrons. The fourth-order valence-electron chi connectivity index (χ4n) is 3.60. The van der Waals surface area contributed by atoms with E-state index in [0.29, 0.717) is 13.1 Å². The summed E-state index contributed by atoms with van der Waals surface area (Å²) in [5, 5.41) is 3.00. The van der Waals surface area contributed by atoms with Crippen LogP contribution >= 0.6 is 0 Å². The van der Waals surface area contributed by atoms with Crippen molar-refractivity contribution >= 4 is 11.6 Å². The summed E-state index contributed by atoms with van der Waals surface area (Å²) in [5.41, 5.74) is 3.13. The van der Waals surface area contributed by atoms with Gasteiger partial charge in [0.05, 0.1) is 19.3 Å². The van der Waals surface area contributed by atoms with Crippen molar-refractivity contribution in [2.45, 2.75) is 13.1 Å². The normalized spacial score (nSPS) is 15.5. The largest absolute Gasteiger partial charge is 0.497 e. The minimum Gasteiger partial charge on any atom is -0.497 e. The first-order valence-electron chi connectivity index (χ1n) is 9.96. The van der Waals surface area contributed by atoms with Gasteiger partial charge in [-0.3, -0.25) is 14.6 Å². The predicted molar refractivity (Wildman–Crippen MR) is 112 cm³/mol. The highest BCUT2D eigenvalue weighted by molar-refractivity contribution is 5.78. The van der Waals surface area contributed by atoms with Gasteiger partial charge in [0.15, 0.2) is 0 Å². The van der Waals surface area contributed by atoms with Gasteiger partial charge >= 0.3 is 0 Å². The van der Waals surface area contributed by atoms with Crippen LogP contribution in [0, 0.1) is 0 Å². The number of imidazole rings is 1. The van der Waals surface area contributed by atoms with E-state index in [2.05, 4.69) is 30.7 Å². The summed E-state index contributed by atoms with van der Waals surface area (Å²) in [6.07, 6.45) is 4.11. The van der Waals surface area contributed by atoms with Gasteiger partial charge in [0.25, 0.3) is 0 Å². The highest BCUT2D eigenvalue weighted by Crippen LogP contribution is 2.12. The lowest BCUT2D eigenvalue weighted by atomic mass is 10.2. The number of aromatic nitrogens is 2. The second-order valence-corrected chi connectivity index (χ2v) is 7.38. The summed E-state index contributed by atoms with van der Waals surface area (Å²) in [6, 6.07) is 13.8. The summed E-state index contributed by atoms with van der Waals surface area (Å²) >= 11 is 0. The van der Waals surface area contributed by atoms with Gasteiger partial charge in [-0.1, -0.05) is 18.2 Å². The molecule has 0 spiro atoms. The molecule has 7 nitrogen and oxygen atoms in total. The second-order valence-electron chi connectivity index (χ2n) is 7.38. The Balaban J connectivity index is 1.19. The van der Waals surface area contributed by atoms with Crippen molar-refractivity contribution in [2.24, 2.45) is 0 Å². The maximum Gasteiger partial charge on any atom is 0.234 e. The average molecular weight is 393 g/mol. The van der Waals surface area contributed by atoms with E-state index >= 15 is 0 Å². The SMILES string of the molecule is COc1ccc(CNC(=O)CN2CCN(Cc3cn4ccccc4n3)CC2)cc1. The third-order valence-electron chi connectivity index (χ3n) is 5.28. The standard InChI is InChI=1S/C22H27N5O2/c1-29-20-7-5-18(6-8-20)14-23-22(28)17-26-12-10-25(11-13-26)15-19-16-27-9-3-2-4-21(27)24-19/h2-9,16H,10-15,17H2,1H3,(H,23,28). The van der Waals surface area contributed by atoms with Crippen molar-refractivity contribution in [1.82, 2.24) is 24.5 Å². The van der Waals surface area contributed by atoms with Crippen molar-refractivity contribution in [3.05, 3.63) is 66.1 Å². The summed E-state index contributed by atoms with van der Waals surface area (Å²) < 4.78 is 7.21. The molecule has 1 saturated heterocycles. The minimum atomic E-state index is 0.0645. The molecule has 0 bridgehead atoms. The first-order chi connectivity index (χ1) is 14.2. The Kier molecular flexibility index (Phi) is 6.07. The van der Waals surface area contributed by atoms with Gasteiger partial charge in [-0.05, 0) is 29.8 Å². The lowest BCUT2D eigenvalue weighted by Gasteiger charge is -2.33. The number of benzene rings is 1. The maximum absolute atomic E-state index is 12.3. The van der Waals surface area contributed by atoms with Gasteiger partial charge in [0.2, 0.25) is 5.91 Å². The summed E-state index contributed by atoms with van der Waals surface area (Å²) in [4.78, 5) is 21.6. The molecule has 0 saturated carbocycles. The van der Waals surface area contributed by atoms with E-state index < -0.39 is 0 Å². The van der Waals surface area contributed by atoms with Crippen LogP contribution in [0.2, 0.25) is 0 Å². The van der Waals surface area contributed by atoms with Crippen LogP contribution in [0.1, 0.15) is 11.3 Å². The second kappa shape index (κ2) is 9.07. The highest BCUT2D eigenvalue weighted by atomic mass is 16.5. The molecule has 1 N–H and O–H groups in total. The van der Waals surface area contributed by atoms with Gasteiger partial charge in [0, 0.05) is 51.7 Å². The zero-order valence-corrected chi connectivity index (χ0v) is 16.8. The zero-order chi connectivity index (χ0) is 20.1. The lowest BCUT2D eigenvalue weighted by molar-refractivity contribution is -0.122. The monoisotopic (exact) mass is 393 g/mol. The van der Waals surface area contributed by atoms with E-state index in [9.17, 15) is 4.79 Å². The van der Waals surface area contributed by atoms with E-state index in [1.807, 2.05) is 48.7 Å². The average Bonchev–Trinajstić information content (AvgIpc) is 3.16. The first kappa shape index (κ1) is 19.4. The first-order valence-corrected chi connectivity index (χ1v) is 9.96. The van der Waals surface area contributed by atoms with Crippen molar-refractivity contribution in [1.29, 1.82) is 0 Å². The van der Waals surface area contributed by atoms with Crippen molar-refractivity contribution < 1.29 is 9.53 Å². The molecule has 0 radical (unpaired) electrons. The van der Waals surface area contributed by atoms with Gasteiger partial charge in [-0.2, -0.15) is 0 Å². The molecule has 1 aliphatic heterocycles. The van der Waals surface area contributed by atoms with Crippen LogP contribution in [-0.4, -0.2) is 64.9 Å². The number of pyridine rings is 1. The molecule has 1 fully saturated rings. The van der Waals surface area contributed by atoms with E-state index in [0.717, 1.165) is 55.4 Å². The van der Waals surface area contributed by atoms with Crippen LogP contribution in [0.5, 0.6) is 5.75 Å². The number of carbonyl (C=O) groups is 1. The quantitative estimate of drug-likeness (QED) is 0.663. The van der Waals surface area contributed by atoms with Crippen LogP contribution in [0.15, 0.2) is 54.9 Å². The highest BCUT2D eigenvalue weighted by Gasteiger charge is 2.19. The number of methoxy groups -OCH3 is 1. The van der Waals surface area contributed by atoms with Crippen LogP contribution < -0.4 is 10.1 Å². The van der Waals surface area contributed by atoms with Crippen molar-refractivity contribution in [2.75, 3.05) is 39.8 Å². The van der Waals surface area contributed by atoms with Crippen molar-refractivity contribution in [3.8, 4) is 5.75 Å². The molecule has 0 aliphatic carbocycles. The maximum atomic E-state index is 12.3. The molecule has 4 rings (SSSR count). The molecule has 29 heavy (non-hydrogen) atoms. The fraction of sp³-hybridized carbons (Fsp3) is 0.364. The predicted octanol–water partition coefficient (Wildman–Crippen LogP) is 1.78. The Morgan fingerprint density at radius 1 is 1.07 bits per heavy atom. The number of hydrogen-bond acceptors (Lipinski definition) is 5. The molecule has 1 amide bonds. The summed E-state index contributed by atoms with van der Waals surface area (Å²) in [5.74, 6) is 0.885. The van der Waals surface area contributed by atoms with E-state index in [4.69, 9.17) is 4.74 Å². The third-order valence-corrected chi connectivity index (χ3v) is 5.28. The Morgan fingerprint density at radius 3 is 2.55 bits per heavy atom. The molecule has 1 aromatic carbocycles. The molecule has 0 atom stereocenters. The Hall–Kier alpha value is -2.90. The van der Waals surface area contributed by atoms with Gasteiger partial charge in [-0.15, -0.1) is 0 Å². The number of ether oxygens (including phenoxy) is 1. The minimum absolute atomic E-state index is 0.0645.